The second-order valence-corrected chi connectivity index (χ2v) is 7.69. The van der Waals surface area contributed by atoms with Gasteiger partial charge in [-0.3, -0.25) is 9.69 Å². The number of urea groups is 1. The Bertz CT molecular complexity index is 1240. The van der Waals surface area contributed by atoms with Crippen LogP contribution in [0.1, 0.15) is 0 Å². The van der Waals surface area contributed by atoms with Gasteiger partial charge in [-0.15, -0.1) is 0 Å². The topological polar surface area (TPSA) is 118 Å². The molecule has 1 heterocycles. The summed E-state index contributed by atoms with van der Waals surface area (Å²) >= 11 is 12.7. The number of hydrogen-bond acceptors (Lipinski definition) is 7. The quantitative estimate of drug-likeness (QED) is 0.346. The van der Waals surface area contributed by atoms with Gasteiger partial charge in [0.25, 0.3) is 0 Å². The molecule has 3 aromatic rings. The van der Waals surface area contributed by atoms with Gasteiger partial charge in [0.15, 0.2) is 0 Å². The van der Waals surface area contributed by atoms with Gasteiger partial charge >= 0.3 is 6.03 Å². The minimum atomic E-state index is -0.567. The lowest BCUT2D eigenvalue weighted by molar-refractivity contribution is -0.111. The van der Waals surface area contributed by atoms with E-state index in [1.807, 2.05) is 0 Å². The third-order valence-electron chi connectivity index (χ3n) is 4.69. The second kappa shape index (κ2) is 11.4. The maximum Gasteiger partial charge on any atom is 0.327 e. The fourth-order valence-electron chi connectivity index (χ4n) is 2.90. The average molecular weight is 517 g/mol. The van der Waals surface area contributed by atoms with Crippen LogP contribution in [-0.2, 0) is 4.79 Å². The molecular weight excluding hydrogens is 495 g/mol. The van der Waals surface area contributed by atoms with Crippen LogP contribution in [0.4, 0.5) is 33.5 Å². The fourth-order valence-corrected chi connectivity index (χ4v) is 3.50. The fraction of sp³-hybridized carbons (Fsp3) is 0.130. The Labute approximate surface area is 211 Å². The highest BCUT2D eigenvalue weighted by Gasteiger charge is 2.21. The summed E-state index contributed by atoms with van der Waals surface area (Å²) in [5.74, 6) is 0.948. The molecule has 0 radical (unpaired) electrons. The number of rotatable bonds is 8. The van der Waals surface area contributed by atoms with Crippen molar-refractivity contribution in [3.8, 4) is 11.5 Å². The molecule has 0 saturated heterocycles. The normalized spacial score (nSPS) is 10.2. The van der Waals surface area contributed by atoms with Crippen LogP contribution in [0, 0.1) is 0 Å². The largest absolute Gasteiger partial charge is 0.495 e. The summed E-state index contributed by atoms with van der Waals surface area (Å²) in [5, 5.41) is 8.68. The maximum absolute atomic E-state index is 12.9. The molecule has 182 valence electrons. The van der Waals surface area contributed by atoms with E-state index in [1.165, 1.54) is 44.6 Å². The first-order valence-corrected chi connectivity index (χ1v) is 10.8. The van der Waals surface area contributed by atoms with Crippen LogP contribution in [0.5, 0.6) is 11.5 Å². The number of carbonyl (C=O) groups excluding carboxylic acids is 2. The molecule has 3 amide bonds. The molecule has 12 heteroatoms. The number of hydrogen-bond donors (Lipinski definition) is 3. The van der Waals surface area contributed by atoms with Gasteiger partial charge in [0.1, 0.15) is 39.5 Å². The van der Waals surface area contributed by atoms with Gasteiger partial charge in [0, 0.05) is 30.6 Å². The summed E-state index contributed by atoms with van der Waals surface area (Å²) < 4.78 is 10.5. The van der Waals surface area contributed by atoms with E-state index in [4.69, 9.17) is 32.7 Å². The molecule has 0 aliphatic heterocycles. The lowest BCUT2D eigenvalue weighted by atomic mass is 10.2. The third-order valence-corrected chi connectivity index (χ3v) is 5.44. The second-order valence-electron chi connectivity index (χ2n) is 6.93. The molecule has 0 spiro atoms. The van der Waals surface area contributed by atoms with Crippen LogP contribution in [0.3, 0.4) is 0 Å². The predicted octanol–water partition coefficient (Wildman–Crippen LogP) is 5.34. The van der Waals surface area contributed by atoms with Gasteiger partial charge in [0.05, 0.1) is 19.9 Å². The van der Waals surface area contributed by atoms with E-state index in [0.29, 0.717) is 23.0 Å². The molecule has 0 fully saturated rings. The summed E-state index contributed by atoms with van der Waals surface area (Å²) in [6.07, 6.45) is 2.49. The molecule has 0 aliphatic carbocycles. The van der Waals surface area contributed by atoms with Crippen LogP contribution >= 0.6 is 23.2 Å². The van der Waals surface area contributed by atoms with Crippen LogP contribution in [0.15, 0.2) is 55.4 Å². The minimum absolute atomic E-state index is 0.119. The van der Waals surface area contributed by atoms with Crippen molar-refractivity contribution in [2.75, 3.05) is 42.1 Å². The summed E-state index contributed by atoms with van der Waals surface area (Å²) in [4.78, 5) is 34.1. The van der Waals surface area contributed by atoms with E-state index in [1.54, 1.807) is 30.3 Å². The molecular formula is C23H22Cl2N6O4. The summed E-state index contributed by atoms with van der Waals surface area (Å²) in [6.45, 7) is 3.43. The number of ether oxygens (including phenoxy) is 2. The van der Waals surface area contributed by atoms with E-state index < -0.39 is 6.03 Å². The first-order chi connectivity index (χ1) is 16.8. The highest BCUT2D eigenvalue weighted by molar-refractivity contribution is 6.41. The molecule has 0 saturated carbocycles. The number of halogens is 2. The Balaban J connectivity index is 1.79. The standard InChI is InChI=1S/C23H22Cl2N6O4/c1-5-19(32)29-14-8-6-7-13(9-14)28-17-11-18(27-12-26-17)31(2)23(33)30-22-20(24)15(34-3)10-16(35-4)21(22)25/h5-12H,1H2,2-4H3,(H,29,32)(H,30,33)(H,26,27,28). The first-order valence-electron chi connectivity index (χ1n) is 10.0. The predicted molar refractivity (Wildman–Crippen MR) is 138 cm³/mol. The maximum atomic E-state index is 12.9. The summed E-state index contributed by atoms with van der Waals surface area (Å²) in [7, 11) is 4.39. The Morgan fingerprint density at radius 1 is 1.00 bits per heavy atom. The molecule has 1 aromatic heterocycles. The van der Waals surface area contributed by atoms with Crippen molar-refractivity contribution in [3.63, 3.8) is 0 Å². The number of anilines is 5. The van der Waals surface area contributed by atoms with E-state index in [2.05, 4.69) is 32.5 Å². The van der Waals surface area contributed by atoms with Crippen molar-refractivity contribution < 1.29 is 19.1 Å². The van der Waals surface area contributed by atoms with E-state index in [-0.39, 0.29) is 33.1 Å². The molecule has 2 aromatic carbocycles. The van der Waals surface area contributed by atoms with Crippen molar-refractivity contribution in [2.45, 2.75) is 0 Å². The number of nitrogens with one attached hydrogen (secondary N) is 3. The molecule has 0 unspecified atom stereocenters. The van der Waals surface area contributed by atoms with E-state index in [0.717, 1.165) is 0 Å². The Hall–Kier alpha value is -4.02. The summed E-state index contributed by atoms with van der Waals surface area (Å²) in [5.41, 5.74) is 1.37. The Kier molecular flexibility index (Phi) is 8.34. The van der Waals surface area contributed by atoms with Gasteiger partial charge in [0.2, 0.25) is 5.91 Å². The van der Waals surface area contributed by atoms with Crippen LogP contribution in [0.25, 0.3) is 0 Å². The first kappa shape index (κ1) is 25.6. The van der Waals surface area contributed by atoms with Crippen molar-refractivity contribution in [2.24, 2.45) is 0 Å². The lowest BCUT2D eigenvalue weighted by Gasteiger charge is -2.20. The number of methoxy groups -OCH3 is 2. The molecule has 0 aliphatic rings. The number of aromatic nitrogens is 2. The molecule has 35 heavy (non-hydrogen) atoms. The van der Waals surface area contributed by atoms with Crippen molar-refractivity contribution in [1.29, 1.82) is 0 Å². The lowest BCUT2D eigenvalue weighted by Crippen LogP contribution is -2.32. The van der Waals surface area contributed by atoms with Gasteiger partial charge < -0.3 is 25.4 Å². The Morgan fingerprint density at radius 3 is 2.29 bits per heavy atom. The molecule has 3 N–H and O–H groups in total. The molecule has 0 bridgehead atoms. The highest BCUT2D eigenvalue weighted by Crippen LogP contribution is 2.44. The van der Waals surface area contributed by atoms with Gasteiger partial charge in [-0.05, 0) is 24.3 Å². The molecule has 3 rings (SSSR count). The molecule has 10 nitrogen and oxygen atoms in total. The molecule has 0 atom stereocenters. The van der Waals surface area contributed by atoms with Gasteiger partial charge in [-0.25, -0.2) is 14.8 Å². The van der Waals surface area contributed by atoms with Gasteiger partial charge in [-0.1, -0.05) is 35.8 Å². The zero-order valence-electron chi connectivity index (χ0n) is 19.1. The van der Waals surface area contributed by atoms with Crippen LogP contribution < -0.4 is 30.3 Å². The SMILES string of the molecule is C=CC(=O)Nc1cccc(Nc2cc(N(C)C(=O)Nc3c(Cl)c(OC)cc(OC)c3Cl)ncn2)c1. The Morgan fingerprint density at radius 2 is 1.66 bits per heavy atom. The van der Waals surface area contributed by atoms with Gasteiger partial charge in [-0.2, -0.15) is 0 Å². The van der Waals surface area contributed by atoms with Crippen molar-refractivity contribution in [1.82, 2.24) is 9.97 Å². The van der Waals surface area contributed by atoms with E-state index in [9.17, 15) is 9.59 Å². The number of carbonyl (C=O) groups is 2. The highest BCUT2D eigenvalue weighted by atomic mass is 35.5. The number of benzene rings is 2. The number of amides is 3. The zero-order valence-corrected chi connectivity index (χ0v) is 20.6. The van der Waals surface area contributed by atoms with Crippen molar-refractivity contribution in [3.05, 3.63) is 65.4 Å². The minimum Gasteiger partial charge on any atom is -0.495 e. The van der Waals surface area contributed by atoms with Crippen molar-refractivity contribution >= 4 is 63.8 Å². The van der Waals surface area contributed by atoms with Crippen LogP contribution in [-0.4, -0.2) is 43.2 Å². The monoisotopic (exact) mass is 516 g/mol. The van der Waals surface area contributed by atoms with Crippen LogP contribution in [0.2, 0.25) is 10.0 Å². The number of nitrogens with zero attached hydrogens (tertiary/aromatic N) is 3. The van der Waals surface area contributed by atoms with E-state index >= 15 is 0 Å². The third kappa shape index (κ3) is 6.11. The smallest absolute Gasteiger partial charge is 0.327 e. The zero-order chi connectivity index (χ0) is 25.5. The average Bonchev–Trinajstić information content (AvgIpc) is 2.86. The summed E-state index contributed by atoms with van der Waals surface area (Å²) in [6, 6.07) is 9.54.